The van der Waals surface area contributed by atoms with Crippen LogP contribution >= 0.6 is 0 Å². The predicted octanol–water partition coefficient (Wildman–Crippen LogP) is 2.45. The second-order valence-electron chi connectivity index (χ2n) is 3.07. The molecule has 1 rings (SSSR count). The van der Waals surface area contributed by atoms with Crippen molar-refractivity contribution in [2.24, 2.45) is 0 Å². The Bertz CT molecular complexity index is 287. The van der Waals surface area contributed by atoms with E-state index in [0.717, 1.165) is 12.1 Å². The van der Waals surface area contributed by atoms with Crippen LogP contribution in [0.5, 0.6) is 0 Å². The Hall–Kier alpha value is -1.15. The number of nitrogens with one attached hydrogen (secondary N) is 1. The van der Waals surface area contributed by atoms with Crippen molar-refractivity contribution in [3.8, 4) is 0 Å². The van der Waals surface area contributed by atoms with Crippen LogP contribution in [0.15, 0.2) is 29.8 Å². The van der Waals surface area contributed by atoms with E-state index in [1.807, 2.05) is 20.0 Å². The molecule has 0 saturated heterocycles. The minimum Gasteiger partial charge on any atom is -0.316 e. The molecular formula is C11H14FN. The molecule has 0 unspecified atom stereocenters. The summed E-state index contributed by atoms with van der Waals surface area (Å²) in [5.41, 5.74) is 2.27. The van der Waals surface area contributed by atoms with Crippen LogP contribution in [-0.2, 0) is 0 Å². The molecule has 0 spiro atoms. The van der Waals surface area contributed by atoms with Gasteiger partial charge in [-0.15, -0.1) is 0 Å². The molecule has 0 radical (unpaired) electrons. The fraction of sp³-hybridized carbons (Fsp3) is 0.273. The Morgan fingerprint density at radius 1 is 1.38 bits per heavy atom. The SMILES string of the molecule is CNC/C(C)=C/c1ccc(F)cc1. The minimum atomic E-state index is -0.191. The summed E-state index contributed by atoms with van der Waals surface area (Å²) in [6, 6.07) is 6.49. The average molecular weight is 179 g/mol. The van der Waals surface area contributed by atoms with Crippen molar-refractivity contribution in [1.29, 1.82) is 0 Å². The topological polar surface area (TPSA) is 12.0 Å². The highest BCUT2D eigenvalue weighted by Crippen LogP contribution is 2.07. The van der Waals surface area contributed by atoms with Crippen LogP contribution < -0.4 is 5.32 Å². The Labute approximate surface area is 78.3 Å². The molecule has 1 N–H and O–H groups in total. The van der Waals surface area contributed by atoms with E-state index in [-0.39, 0.29) is 5.82 Å². The van der Waals surface area contributed by atoms with Gasteiger partial charge in [0.05, 0.1) is 0 Å². The zero-order chi connectivity index (χ0) is 9.68. The van der Waals surface area contributed by atoms with Gasteiger partial charge in [-0.25, -0.2) is 4.39 Å². The number of likely N-dealkylation sites (N-methyl/N-ethyl adjacent to an activating group) is 1. The zero-order valence-corrected chi connectivity index (χ0v) is 7.97. The van der Waals surface area contributed by atoms with E-state index >= 15 is 0 Å². The summed E-state index contributed by atoms with van der Waals surface area (Å²) >= 11 is 0. The molecule has 0 aliphatic rings. The fourth-order valence-corrected chi connectivity index (χ4v) is 1.17. The molecular weight excluding hydrogens is 165 g/mol. The summed E-state index contributed by atoms with van der Waals surface area (Å²) in [5.74, 6) is -0.191. The highest BCUT2D eigenvalue weighted by Gasteiger charge is 1.91. The lowest BCUT2D eigenvalue weighted by molar-refractivity contribution is 0.628. The van der Waals surface area contributed by atoms with Crippen molar-refractivity contribution < 1.29 is 4.39 Å². The second kappa shape index (κ2) is 4.77. The maximum Gasteiger partial charge on any atom is 0.123 e. The predicted molar refractivity (Wildman–Crippen MR) is 54.0 cm³/mol. The molecule has 0 fully saturated rings. The number of rotatable bonds is 3. The summed E-state index contributed by atoms with van der Waals surface area (Å²) in [6.45, 7) is 2.90. The molecule has 0 saturated carbocycles. The van der Waals surface area contributed by atoms with Crippen molar-refractivity contribution in [2.45, 2.75) is 6.92 Å². The first-order chi connectivity index (χ1) is 6.22. The van der Waals surface area contributed by atoms with Gasteiger partial charge in [-0.3, -0.25) is 0 Å². The van der Waals surface area contributed by atoms with Crippen LogP contribution in [0.25, 0.3) is 6.08 Å². The van der Waals surface area contributed by atoms with E-state index < -0.39 is 0 Å². The number of hydrogen-bond donors (Lipinski definition) is 1. The smallest absolute Gasteiger partial charge is 0.123 e. The molecule has 0 atom stereocenters. The number of hydrogen-bond acceptors (Lipinski definition) is 1. The van der Waals surface area contributed by atoms with Crippen molar-refractivity contribution >= 4 is 6.08 Å². The molecule has 0 bridgehead atoms. The summed E-state index contributed by atoms with van der Waals surface area (Å²) in [6.07, 6.45) is 2.04. The molecule has 1 aromatic rings. The third-order valence-electron chi connectivity index (χ3n) is 1.74. The average Bonchev–Trinajstić information content (AvgIpc) is 2.09. The molecule has 13 heavy (non-hydrogen) atoms. The molecule has 1 aromatic carbocycles. The first-order valence-electron chi connectivity index (χ1n) is 4.29. The van der Waals surface area contributed by atoms with E-state index in [1.54, 1.807) is 12.1 Å². The van der Waals surface area contributed by atoms with Crippen LogP contribution in [-0.4, -0.2) is 13.6 Å². The van der Waals surface area contributed by atoms with Gasteiger partial charge in [-0.2, -0.15) is 0 Å². The van der Waals surface area contributed by atoms with Gasteiger partial charge in [0.2, 0.25) is 0 Å². The first-order valence-corrected chi connectivity index (χ1v) is 4.29. The van der Waals surface area contributed by atoms with Crippen LogP contribution in [0.4, 0.5) is 4.39 Å². The van der Waals surface area contributed by atoms with Crippen molar-refractivity contribution in [3.05, 3.63) is 41.2 Å². The van der Waals surface area contributed by atoms with Gasteiger partial charge < -0.3 is 5.32 Å². The zero-order valence-electron chi connectivity index (χ0n) is 7.97. The summed E-state index contributed by atoms with van der Waals surface area (Å²) < 4.78 is 12.5. The van der Waals surface area contributed by atoms with Gasteiger partial charge in [0, 0.05) is 6.54 Å². The van der Waals surface area contributed by atoms with Gasteiger partial charge in [0.25, 0.3) is 0 Å². The van der Waals surface area contributed by atoms with E-state index in [1.165, 1.54) is 17.7 Å². The molecule has 70 valence electrons. The van der Waals surface area contributed by atoms with Gasteiger partial charge in [-0.05, 0) is 31.7 Å². The Kier molecular flexibility index (Phi) is 3.65. The largest absolute Gasteiger partial charge is 0.316 e. The van der Waals surface area contributed by atoms with Gasteiger partial charge in [0.15, 0.2) is 0 Å². The lowest BCUT2D eigenvalue weighted by atomic mass is 10.1. The molecule has 0 amide bonds. The fourth-order valence-electron chi connectivity index (χ4n) is 1.17. The van der Waals surface area contributed by atoms with Crippen LogP contribution in [0.1, 0.15) is 12.5 Å². The molecule has 0 aliphatic heterocycles. The van der Waals surface area contributed by atoms with E-state index in [4.69, 9.17) is 0 Å². The number of halogens is 1. The summed E-state index contributed by atoms with van der Waals surface area (Å²) in [7, 11) is 1.90. The van der Waals surface area contributed by atoms with Crippen molar-refractivity contribution in [2.75, 3.05) is 13.6 Å². The third kappa shape index (κ3) is 3.38. The Morgan fingerprint density at radius 2 is 2.00 bits per heavy atom. The molecule has 2 heteroatoms. The van der Waals surface area contributed by atoms with Crippen LogP contribution in [0, 0.1) is 5.82 Å². The maximum absolute atomic E-state index is 12.5. The second-order valence-corrected chi connectivity index (χ2v) is 3.07. The van der Waals surface area contributed by atoms with Gasteiger partial charge in [0.1, 0.15) is 5.82 Å². The quantitative estimate of drug-likeness (QED) is 0.751. The van der Waals surface area contributed by atoms with Gasteiger partial charge >= 0.3 is 0 Å². The van der Waals surface area contributed by atoms with Crippen LogP contribution in [0.3, 0.4) is 0 Å². The van der Waals surface area contributed by atoms with Gasteiger partial charge in [-0.1, -0.05) is 23.8 Å². The molecule has 0 aromatic heterocycles. The van der Waals surface area contributed by atoms with E-state index in [0.29, 0.717) is 0 Å². The minimum absolute atomic E-state index is 0.191. The first kappa shape index (κ1) is 9.93. The molecule has 0 aliphatic carbocycles. The highest BCUT2D eigenvalue weighted by atomic mass is 19.1. The maximum atomic E-state index is 12.5. The molecule has 1 nitrogen and oxygen atoms in total. The Balaban J connectivity index is 2.73. The standard InChI is InChI=1S/C11H14FN/c1-9(8-13-2)7-10-3-5-11(12)6-4-10/h3-7,13H,8H2,1-2H3/b9-7+. The summed E-state index contributed by atoms with van der Waals surface area (Å²) in [5, 5.41) is 3.06. The van der Waals surface area contributed by atoms with E-state index in [2.05, 4.69) is 5.32 Å². The van der Waals surface area contributed by atoms with Crippen molar-refractivity contribution in [1.82, 2.24) is 5.32 Å². The van der Waals surface area contributed by atoms with E-state index in [9.17, 15) is 4.39 Å². The number of benzene rings is 1. The van der Waals surface area contributed by atoms with Crippen LogP contribution in [0.2, 0.25) is 0 Å². The lowest BCUT2D eigenvalue weighted by Crippen LogP contribution is -2.08. The summed E-state index contributed by atoms with van der Waals surface area (Å²) in [4.78, 5) is 0. The molecule has 0 heterocycles. The Morgan fingerprint density at radius 3 is 2.54 bits per heavy atom. The normalized spacial score (nSPS) is 11.8. The lowest BCUT2D eigenvalue weighted by Gasteiger charge is -1.99. The highest BCUT2D eigenvalue weighted by molar-refractivity contribution is 5.52. The third-order valence-corrected chi connectivity index (χ3v) is 1.74. The van der Waals surface area contributed by atoms with Crippen molar-refractivity contribution in [3.63, 3.8) is 0 Å². The monoisotopic (exact) mass is 179 g/mol.